The summed E-state index contributed by atoms with van der Waals surface area (Å²) >= 11 is 0. The van der Waals surface area contributed by atoms with Gasteiger partial charge in [0.1, 0.15) is 28.6 Å². The number of methoxy groups -OCH3 is 1. The summed E-state index contributed by atoms with van der Waals surface area (Å²) in [6.07, 6.45) is 3.88. The highest BCUT2D eigenvalue weighted by molar-refractivity contribution is 6.07. The minimum absolute atomic E-state index is 0.0908. The maximum atomic E-state index is 13.9. The molecule has 0 bridgehead atoms. The quantitative estimate of drug-likeness (QED) is 0.194. The molecule has 3 rings (SSSR count). The fourth-order valence-electron chi connectivity index (χ4n) is 4.52. The second-order valence-electron chi connectivity index (χ2n) is 10.0. The largest absolute Gasteiger partial charge is 0.495 e. The predicted molar refractivity (Wildman–Crippen MR) is 151 cm³/mol. The van der Waals surface area contributed by atoms with Gasteiger partial charge in [0.05, 0.1) is 7.11 Å². The van der Waals surface area contributed by atoms with Crippen LogP contribution in [0.5, 0.6) is 23.0 Å². The molecule has 1 aliphatic rings. The van der Waals surface area contributed by atoms with E-state index in [-0.39, 0.29) is 22.8 Å². The van der Waals surface area contributed by atoms with E-state index in [4.69, 9.17) is 23.7 Å². The third-order valence-electron chi connectivity index (χ3n) is 6.31. The summed E-state index contributed by atoms with van der Waals surface area (Å²) in [7, 11) is 1.41. The molecule has 0 fully saturated rings. The van der Waals surface area contributed by atoms with E-state index in [2.05, 4.69) is 6.08 Å². The summed E-state index contributed by atoms with van der Waals surface area (Å²) in [6.45, 7) is 9.89. The summed E-state index contributed by atoms with van der Waals surface area (Å²) in [5, 5.41) is 0. The third-order valence-corrected chi connectivity index (χ3v) is 6.31. The second kappa shape index (κ2) is 13.8. The monoisotopic (exact) mass is 564 g/mol. The van der Waals surface area contributed by atoms with Gasteiger partial charge in [-0.15, -0.1) is 0 Å². The molecule has 1 aliphatic heterocycles. The van der Waals surface area contributed by atoms with Crippen molar-refractivity contribution in [3.8, 4) is 23.0 Å². The third kappa shape index (κ3) is 8.06. The number of esters is 3. The number of ketones is 1. The molecule has 0 aromatic heterocycles. The molecular formula is C32H36O9. The summed E-state index contributed by atoms with van der Waals surface area (Å²) in [6, 6.07) is 7.80. The van der Waals surface area contributed by atoms with Gasteiger partial charge in [-0.3, -0.25) is 19.2 Å². The van der Waals surface area contributed by atoms with E-state index < -0.39 is 35.9 Å². The average Bonchev–Trinajstić information content (AvgIpc) is 2.88. The molecule has 0 aliphatic carbocycles. The van der Waals surface area contributed by atoms with Crippen LogP contribution in [0.3, 0.4) is 0 Å². The standard InChI is InChI=1S/C32H36O9/c1-18(2)9-8-10-19(3)11-16-25-26(39-21(5)34)17-27-28(31(25)37-7)29(36)32(40-22(6)35)30(41-27)23-12-14-24(15-13-23)38-20(4)33/h9,11-15,17,30,32H,8,10,16H2,1-7H3/b19-11+/t30-,32+/m1/s1. The van der Waals surface area contributed by atoms with Crippen LogP contribution in [0.15, 0.2) is 53.6 Å². The Bertz CT molecular complexity index is 1380. The van der Waals surface area contributed by atoms with Crippen LogP contribution in [0, 0.1) is 0 Å². The fourth-order valence-corrected chi connectivity index (χ4v) is 4.52. The first-order valence-corrected chi connectivity index (χ1v) is 13.3. The molecule has 2 aromatic rings. The zero-order valence-corrected chi connectivity index (χ0v) is 24.5. The van der Waals surface area contributed by atoms with Crippen molar-refractivity contribution < 1.29 is 42.9 Å². The lowest BCUT2D eigenvalue weighted by Crippen LogP contribution is -2.40. The first-order chi connectivity index (χ1) is 19.4. The summed E-state index contributed by atoms with van der Waals surface area (Å²) in [4.78, 5) is 49.3. The highest BCUT2D eigenvalue weighted by Gasteiger charge is 2.44. The lowest BCUT2D eigenvalue weighted by molar-refractivity contribution is -0.149. The Hall–Kier alpha value is -4.40. The van der Waals surface area contributed by atoms with Crippen LogP contribution in [0.25, 0.3) is 0 Å². The van der Waals surface area contributed by atoms with Crippen molar-refractivity contribution in [2.45, 2.75) is 73.0 Å². The highest BCUT2D eigenvalue weighted by atomic mass is 16.6. The van der Waals surface area contributed by atoms with E-state index in [1.807, 2.05) is 26.8 Å². The van der Waals surface area contributed by atoms with Gasteiger partial charge in [-0.1, -0.05) is 35.4 Å². The van der Waals surface area contributed by atoms with E-state index in [0.29, 0.717) is 23.3 Å². The van der Waals surface area contributed by atoms with Crippen LogP contribution in [0.2, 0.25) is 0 Å². The Labute approximate surface area is 240 Å². The van der Waals surface area contributed by atoms with Gasteiger partial charge in [0.2, 0.25) is 11.9 Å². The van der Waals surface area contributed by atoms with E-state index in [1.54, 1.807) is 24.3 Å². The van der Waals surface area contributed by atoms with Crippen LogP contribution in [0.4, 0.5) is 0 Å². The van der Waals surface area contributed by atoms with Crippen LogP contribution >= 0.6 is 0 Å². The number of allylic oxidation sites excluding steroid dienone is 4. The topological polar surface area (TPSA) is 114 Å². The molecule has 0 spiro atoms. The van der Waals surface area contributed by atoms with Gasteiger partial charge in [-0.05, 0) is 57.7 Å². The Balaban J connectivity index is 2.10. The van der Waals surface area contributed by atoms with Crippen molar-refractivity contribution in [1.82, 2.24) is 0 Å². The molecule has 0 radical (unpaired) electrons. The molecule has 0 saturated heterocycles. The maximum absolute atomic E-state index is 13.9. The maximum Gasteiger partial charge on any atom is 0.308 e. The van der Waals surface area contributed by atoms with E-state index in [1.165, 1.54) is 39.5 Å². The molecule has 0 amide bonds. The van der Waals surface area contributed by atoms with Crippen molar-refractivity contribution in [2.24, 2.45) is 0 Å². The van der Waals surface area contributed by atoms with Crippen molar-refractivity contribution in [3.05, 3.63) is 70.3 Å². The smallest absolute Gasteiger partial charge is 0.308 e. The molecule has 218 valence electrons. The first kappa shape index (κ1) is 31.1. The van der Waals surface area contributed by atoms with Crippen molar-refractivity contribution in [2.75, 3.05) is 7.11 Å². The summed E-state index contributed by atoms with van der Waals surface area (Å²) in [5.74, 6) is -1.41. The molecule has 2 aromatic carbocycles. The molecular weight excluding hydrogens is 528 g/mol. The number of hydrogen-bond donors (Lipinski definition) is 0. The molecule has 2 atom stereocenters. The summed E-state index contributed by atoms with van der Waals surface area (Å²) in [5.41, 5.74) is 3.44. The number of hydrogen-bond acceptors (Lipinski definition) is 9. The van der Waals surface area contributed by atoms with Gasteiger partial charge in [-0.25, -0.2) is 0 Å². The first-order valence-electron chi connectivity index (χ1n) is 13.3. The Morgan fingerprint density at radius 3 is 2.12 bits per heavy atom. The van der Waals surface area contributed by atoms with Gasteiger partial charge >= 0.3 is 17.9 Å². The molecule has 0 saturated carbocycles. The van der Waals surface area contributed by atoms with Gasteiger partial charge in [-0.2, -0.15) is 0 Å². The van der Waals surface area contributed by atoms with Crippen LogP contribution < -0.4 is 18.9 Å². The molecule has 41 heavy (non-hydrogen) atoms. The number of ether oxygens (including phenoxy) is 5. The normalized spacial score (nSPS) is 16.2. The zero-order valence-electron chi connectivity index (χ0n) is 24.5. The zero-order chi connectivity index (χ0) is 30.3. The molecule has 9 heteroatoms. The fraction of sp³-hybridized carbons (Fsp3) is 0.375. The number of carbonyl (C=O) groups is 4. The molecule has 1 heterocycles. The lowest BCUT2D eigenvalue weighted by Gasteiger charge is -2.33. The average molecular weight is 565 g/mol. The van der Waals surface area contributed by atoms with E-state index >= 15 is 0 Å². The van der Waals surface area contributed by atoms with Crippen LogP contribution in [-0.4, -0.2) is 36.9 Å². The molecule has 0 N–H and O–H groups in total. The lowest BCUT2D eigenvalue weighted by atomic mass is 9.90. The van der Waals surface area contributed by atoms with Gasteiger partial charge in [0.25, 0.3) is 0 Å². The van der Waals surface area contributed by atoms with Crippen molar-refractivity contribution in [1.29, 1.82) is 0 Å². The number of rotatable bonds is 10. The van der Waals surface area contributed by atoms with Crippen LogP contribution in [-0.2, 0) is 25.5 Å². The Morgan fingerprint density at radius 2 is 1.56 bits per heavy atom. The molecule has 9 nitrogen and oxygen atoms in total. The van der Waals surface area contributed by atoms with E-state index in [0.717, 1.165) is 18.4 Å². The number of Topliss-reactive ketones (excluding diaryl/α,β-unsaturated/α-hetero) is 1. The SMILES string of the molecule is COc1c(C/C=C(\C)CCC=C(C)C)c(OC(C)=O)cc2c1C(=O)[C@H](OC(C)=O)[C@@H](c1ccc(OC(C)=O)cc1)O2. The van der Waals surface area contributed by atoms with E-state index in [9.17, 15) is 19.2 Å². The minimum Gasteiger partial charge on any atom is -0.495 e. The second-order valence-corrected chi connectivity index (χ2v) is 10.0. The number of fused-ring (bicyclic) bond motifs is 1. The highest BCUT2D eigenvalue weighted by Crippen LogP contribution is 2.46. The Morgan fingerprint density at radius 1 is 0.902 bits per heavy atom. The van der Waals surface area contributed by atoms with Crippen molar-refractivity contribution in [3.63, 3.8) is 0 Å². The number of benzene rings is 2. The van der Waals surface area contributed by atoms with Gasteiger partial charge in [0.15, 0.2) is 6.10 Å². The molecule has 0 unspecified atom stereocenters. The summed E-state index contributed by atoms with van der Waals surface area (Å²) < 4.78 is 28.0. The number of carbonyl (C=O) groups excluding carboxylic acids is 4. The van der Waals surface area contributed by atoms with Gasteiger partial charge < -0.3 is 23.7 Å². The Kier molecular flexibility index (Phi) is 10.5. The van der Waals surface area contributed by atoms with Crippen molar-refractivity contribution >= 4 is 23.7 Å². The van der Waals surface area contributed by atoms with Crippen LogP contribution in [0.1, 0.15) is 82.0 Å². The van der Waals surface area contributed by atoms with Gasteiger partial charge in [0, 0.05) is 32.4 Å². The predicted octanol–water partition coefficient (Wildman–Crippen LogP) is 6.03. The minimum atomic E-state index is -1.32.